The zero-order valence-electron chi connectivity index (χ0n) is 12.2. The van der Waals surface area contributed by atoms with Gasteiger partial charge in [0, 0.05) is 45.0 Å². The number of carbonyl (C=O) groups is 1. The minimum Gasteiger partial charge on any atom is -0.343 e. The summed E-state index contributed by atoms with van der Waals surface area (Å²) in [6.07, 6.45) is 7.82. The Hall–Kier alpha value is -0.780. The number of nitrogens with zero attached hydrogens (tertiary/aromatic N) is 3. The molecule has 0 saturated carbocycles. The lowest BCUT2D eigenvalue weighted by Crippen LogP contribution is -2.44. The van der Waals surface area contributed by atoms with Crippen molar-refractivity contribution in [2.24, 2.45) is 5.41 Å². The lowest BCUT2D eigenvalue weighted by molar-refractivity contribution is -0.133. The third-order valence-corrected chi connectivity index (χ3v) is 4.62. The van der Waals surface area contributed by atoms with E-state index in [0.717, 1.165) is 39.0 Å². The number of amides is 1. The van der Waals surface area contributed by atoms with E-state index in [-0.39, 0.29) is 30.7 Å². The van der Waals surface area contributed by atoms with E-state index < -0.39 is 0 Å². The van der Waals surface area contributed by atoms with Crippen molar-refractivity contribution < 1.29 is 4.79 Å². The van der Waals surface area contributed by atoms with Crippen LogP contribution in [0.2, 0.25) is 0 Å². The van der Waals surface area contributed by atoms with Gasteiger partial charge in [-0.15, -0.1) is 24.8 Å². The minimum atomic E-state index is 0. The third-order valence-electron chi connectivity index (χ3n) is 4.62. The van der Waals surface area contributed by atoms with E-state index in [2.05, 4.69) is 10.4 Å². The first-order chi connectivity index (χ1) is 9.27. The molecule has 0 bridgehead atoms. The maximum absolute atomic E-state index is 12.2. The highest BCUT2D eigenvalue weighted by atomic mass is 35.5. The topological polar surface area (TPSA) is 50.2 Å². The summed E-state index contributed by atoms with van der Waals surface area (Å²) in [5.41, 5.74) is 0.485. The van der Waals surface area contributed by atoms with Crippen LogP contribution in [-0.2, 0) is 11.3 Å². The Morgan fingerprint density at radius 1 is 1.24 bits per heavy atom. The molecule has 21 heavy (non-hydrogen) atoms. The molecule has 2 aliphatic rings. The Labute approximate surface area is 138 Å². The molecule has 2 fully saturated rings. The molecule has 3 heterocycles. The number of nitrogens with one attached hydrogen (secondary N) is 1. The molecule has 0 unspecified atom stereocenters. The van der Waals surface area contributed by atoms with Crippen LogP contribution in [0, 0.1) is 5.41 Å². The van der Waals surface area contributed by atoms with Crippen LogP contribution in [-0.4, -0.2) is 46.8 Å². The second-order valence-corrected chi connectivity index (χ2v) is 5.83. The van der Waals surface area contributed by atoms with E-state index >= 15 is 0 Å². The van der Waals surface area contributed by atoms with Crippen LogP contribution in [0.1, 0.15) is 25.7 Å². The maximum Gasteiger partial charge on any atom is 0.224 e. The van der Waals surface area contributed by atoms with Gasteiger partial charge < -0.3 is 10.2 Å². The van der Waals surface area contributed by atoms with Crippen LogP contribution in [0.5, 0.6) is 0 Å². The number of piperidine rings is 1. The Kier molecular flexibility index (Phi) is 6.97. The second-order valence-electron chi connectivity index (χ2n) is 5.83. The summed E-state index contributed by atoms with van der Waals surface area (Å²) in [7, 11) is 0. The molecule has 1 N–H and O–H groups in total. The molecule has 0 aliphatic carbocycles. The number of likely N-dealkylation sites (tertiary alicyclic amines) is 1. The molecule has 1 aromatic heterocycles. The monoisotopic (exact) mass is 334 g/mol. The average molecular weight is 335 g/mol. The van der Waals surface area contributed by atoms with Gasteiger partial charge >= 0.3 is 0 Å². The van der Waals surface area contributed by atoms with Gasteiger partial charge in [0.2, 0.25) is 5.91 Å². The number of hydrogen-bond donors (Lipinski definition) is 1. The zero-order valence-corrected chi connectivity index (χ0v) is 13.8. The highest BCUT2D eigenvalue weighted by Gasteiger charge is 2.37. The summed E-state index contributed by atoms with van der Waals surface area (Å²) in [5, 5.41) is 7.58. The van der Waals surface area contributed by atoms with E-state index in [4.69, 9.17) is 0 Å². The first-order valence-electron chi connectivity index (χ1n) is 7.23. The molecular formula is C14H24Cl2N4O. The normalized spacial score (nSPS) is 19.9. The zero-order chi connectivity index (χ0) is 13.1. The van der Waals surface area contributed by atoms with Gasteiger partial charge in [-0.1, -0.05) is 0 Å². The molecule has 120 valence electrons. The molecule has 3 rings (SSSR count). The summed E-state index contributed by atoms with van der Waals surface area (Å²) in [4.78, 5) is 14.2. The van der Waals surface area contributed by atoms with Crippen LogP contribution in [0.4, 0.5) is 0 Å². The highest BCUT2D eigenvalue weighted by Crippen LogP contribution is 2.36. The third kappa shape index (κ3) is 4.34. The number of hydrogen-bond acceptors (Lipinski definition) is 3. The van der Waals surface area contributed by atoms with Gasteiger partial charge in [-0.3, -0.25) is 9.48 Å². The summed E-state index contributed by atoms with van der Waals surface area (Å²) >= 11 is 0. The number of aryl methyl sites for hydroxylation is 1. The minimum absolute atomic E-state index is 0. The fraction of sp³-hybridized carbons (Fsp3) is 0.714. The first-order valence-corrected chi connectivity index (χ1v) is 7.23. The average Bonchev–Trinajstić information content (AvgIpc) is 3.09. The maximum atomic E-state index is 12.2. The van der Waals surface area contributed by atoms with Crippen LogP contribution < -0.4 is 5.32 Å². The predicted octanol–water partition coefficient (Wildman–Crippen LogP) is 1.72. The first kappa shape index (κ1) is 18.3. The van der Waals surface area contributed by atoms with Crippen LogP contribution in [0.25, 0.3) is 0 Å². The van der Waals surface area contributed by atoms with Crippen LogP contribution in [0.15, 0.2) is 18.5 Å². The van der Waals surface area contributed by atoms with Gasteiger partial charge in [0.1, 0.15) is 0 Å². The Bertz CT molecular complexity index is 422. The van der Waals surface area contributed by atoms with Crippen molar-refractivity contribution >= 4 is 30.7 Å². The number of aromatic nitrogens is 2. The van der Waals surface area contributed by atoms with Crippen molar-refractivity contribution in [3.8, 4) is 0 Å². The highest BCUT2D eigenvalue weighted by molar-refractivity contribution is 5.85. The molecule has 1 spiro atoms. The molecular weight excluding hydrogens is 311 g/mol. The molecule has 2 saturated heterocycles. The van der Waals surface area contributed by atoms with E-state index in [1.54, 1.807) is 6.20 Å². The van der Waals surface area contributed by atoms with Gasteiger partial charge in [0.05, 0.1) is 0 Å². The number of rotatable bonds is 3. The lowest BCUT2D eigenvalue weighted by atomic mass is 9.78. The van der Waals surface area contributed by atoms with Crippen molar-refractivity contribution in [2.75, 3.05) is 26.2 Å². The molecule has 1 amide bonds. The van der Waals surface area contributed by atoms with Crippen molar-refractivity contribution in [3.05, 3.63) is 18.5 Å². The van der Waals surface area contributed by atoms with E-state index in [1.165, 1.54) is 6.42 Å². The fourth-order valence-corrected chi connectivity index (χ4v) is 3.25. The number of halogens is 2. The molecule has 0 aromatic carbocycles. The molecule has 7 heteroatoms. The van der Waals surface area contributed by atoms with Gasteiger partial charge in [-0.2, -0.15) is 5.10 Å². The van der Waals surface area contributed by atoms with E-state index in [9.17, 15) is 4.79 Å². The summed E-state index contributed by atoms with van der Waals surface area (Å²) in [6.45, 7) is 4.84. The molecule has 0 radical (unpaired) electrons. The summed E-state index contributed by atoms with van der Waals surface area (Å²) < 4.78 is 1.82. The standard InChI is InChI=1S/C14H22N4O.2ClH/c19-13(2-9-18-8-1-6-16-18)17-10-4-14(5-11-17)3-7-15-12-14;;/h1,6,8,15H,2-5,7,9-12H2;2*1H. The number of carbonyl (C=O) groups excluding carboxylic acids is 1. The van der Waals surface area contributed by atoms with Crippen molar-refractivity contribution in [1.82, 2.24) is 20.0 Å². The molecule has 2 aliphatic heterocycles. The van der Waals surface area contributed by atoms with Gasteiger partial charge in [0.15, 0.2) is 0 Å². The Balaban J connectivity index is 0.00000110. The van der Waals surface area contributed by atoms with Crippen LogP contribution in [0.3, 0.4) is 0 Å². The SMILES string of the molecule is Cl.Cl.O=C(CCn1cccn1)N1CCC2(CCNC2)CC1. The molecule has 1 aromatic rings. The largest absolute Gasteiger partial charge is 0.343 e. The smallest absolute Gasteiger partial charge is 0.224 e. The molecule has 5 nitrogen and oxygen atoms in total. The fourth-order valence-electron chi connectivity index (χ4n) is 3.25. The van der Waals surface area contributed by atoms with Crippen molar-refractivity contribution in [2.45, 2.75) is 32.2 Å². The molecule has 0 atom stereocenters. The van der Waals surface area contributed by atoms with E-state index in [0.29, 0.717) is 18.4 Å². The summed E-state index contributed by atoms with van der Waals surface area (Å²) in [6, 6.07) is 1.89. The van der Waals surface area contributed by atoms with Gasteiger partial charge in [0.25, 0.3) is 0 Å². The quantitative estimate of drug-likeness (QED) is 0.915. The summed E-state index contributed by atoms with van der Waals surface area (Å²) in [5.74, 6) is 0.274. The van der Waals surface area contributed by atoms with Crippen LogP contribution >= 0.6 is 24.8 Å². The van der Waals surface area contributed by atoms with E-state index in [1.807, 2.05) is 21.8 Å². The Morgan fingerprint density at radius 2 is 2.00 bits per heavy atom. The van der Waals surface area contributed by atoms with Crippen molar-refractivity contribution in [3.63, 3.8) is 0 Å². The van der Waals surface area contributed by atoms with Gasteiger partial charge in [-0.05, 0) is 37.3 Å². The second kappa shape index (κ2) is 8.01. The lowest BCUT2D eigenvalue weighted by Gasteiger charge is -2.39. The Morgan fingerprint density at radius 3 is 2.57 bits per heavy atom. The van der Waals surface area contributed by atoms with Gasteiger partial charge in [-0.25, -0.2) is 0 Å². The predicted molar refractivity (Wildman–Crippen MR) is 87.1 cm³/mol. The van der Waals surface area contributed by atoms with Crippen molar-refractivity contribution in [1.29, 1.82) is 0 Å².